The molecule has 0 aliphatic heterocycles. The van der Waals surface area contributed by atoms with Crippen molar-refractivity contribution in [3.63, 3.8) is 0 Å². The number of nitrogens with zero attached hydrogens (tertiary/aromatic N) is 2. The highest BCUT2D eigenvalue weighted by Gasteiger charge is 2.14. The maximum Gasteiger partial charge on any atom is 0.387 e. The molecule has 0 fully saturated rings. The van der Waals surface area contributed by atoms with Crippen molar-refractivity contribution >= 4 is 29.3 Å². The first-order valence-electron chi connectivity index (χ1n) is 8.47. The molecule has 1 N–H and O–H groups in total. The van der Waals surface area contributed by atoms with Crippen molar-refractivity contribution in [2.45, 2.75) is 24.8 Å². The molecule has 0 aliphatic carbocycles. The number of hydrogen-bond donors (Lipinski definition) is 1. The van der Waals surface area contributed by atoms with Gasteiger partial charge in [0.1, 0.15) is 5.75 Å². The van der Waals surface area contributed by atoms with Crippen LogP contribution in [0.15, 0.2) is 58.2 Å². The summed E-state index contributed by atoms with van der Waals surface area (Å²) in [6.07, 6.45) is 0. The van der Waals surface area contributed by atoms with Gasteiger partial charge in [-0.2, -0.15) is 8.78 Å². The summed E-state index contributed by atoms with van der Waals surface area (Å²) in [4.78, 5) is 12.2. The zero-order chi connectivity index (χ0) is 20.8. The lowest BCUT2D eigenvalue weighted by Gasteiger charge is -2.15. The molecule has 0 spiro atoms. The van der Waals surface area contributed by atoms with Crippen LogP contribution in [0.1, 0.15) is 18.5 Å². The Morgan fingerprint density at radius 1 is 1.24 bits per heavy atom. The second-order valence-electron chi connectivity index (χ2n) is 5.91. The van der Waals surface area contributed by atoms with Crippen LogP contribution in [0.4, 0.5) is 8.78 Å². The van der Waals surface area contributed by atoms with Crippen LogP contribution in [0.3, 0.4) is 0 Å². The van der Waals surface area contributed by atoms with E-state index in [0.717, 1.165) is 17.3 Å². The van der Waals surface area contributed by atoms with Crippen molar-refractivity contribution in [3.8, 4) is 17.2 Å². The third-order valence-electron chi connectivity index (χ3n) is 3.79. The summed E-state index contributed by atoms with van der Waals surface area (Å²) in [5, 5.41) is 11.5. The van der Waals surface area contributed by atoms with Gasteiger partial charge in [0.25, 0.3) is 5.22 Å². The van der Waals surface area contributed by atoms with Crippen LogP contribution in [0.25, 0.3) is 11.5 Å². The number of benzene rings is 2. The zero-order valence-electron chi connectivity index (χ0n) is 15.1. The molecular formula is C19H16ClF2N3O3S. The average Bonchev–Trinajstić information content (AvgIpc) is 3.15. The standard InChI is InChI=1S/C19H16ClF2N3O3S/c1-11(13-3-2-4-15(9-13)27-18(21)22)23-16(26)10-29-19-25-24-17(28-19)12-5-7-14(20)8-6-12/h2-9,11,18H,10H2,1H3,(H,23,26). The molecule has 10 heteroatoms. The van der Waals surface area contributed by atoms with Crippen LogP contribution < -0.4 is 10.1 Å². The number of alkyl halides is 2. The molecule has 1 amide bonds. The summed E-state index contributed by atoms with van der Waals surface area (Å²) < 4.78 is 34.6. The SMILES string of the molecule is CC(NC(=O)CSc1nnc(-c2ccc(Cl)cc2)o1)c1cccc(OC(F)F)c1. The fourth-order valence-electron chi connectivity index (χ4n) is 2.43. The Morgan fingerprint density at radius 3 is 2.72 bits per heavy atom. The molecule has 0 radical (unpaired) electrons. The third-order valence-corrected chi connectivity index (χ3v) is 4.86. The third kappa shape index (κ3) is 6.16. The van der Waals surface area contributed by atoms with Crippen molar-refractivity contribution in [1.82, 2.24) is 15.5 Å². The van der Waals surface area contributed by atoms with Crippen molar-refractivity contribution in [2.24, 2.45) is 0 Å². The van der Waals surface area contributed by atoms with Gasteiger partial charge >= 0.3 is 6.61 Å². The number of ether oxygens (including phenoxy) is 1. The lowest BCUT2D eigenvalue weighted by molar-refractivity contribution is -0.119. The summed E-state index contributed by atoms with van der Waals surface area (Å²) in [5.74, 6) is 0.149. The molecule has 0 saturated heterocycles. The smallest absolute Gasteiger partial charge is 0.387 e. The quantitative estimate of drug-likeness (QED) is 0.500. The number of aromatic nitrogens is 2. The first-order valence-corrected chi connectivity index (χ1v) is 9.83. The van der Waals surface area contributed by atoms with Crippen LogP contribution in [0, 0.1) is 0 Å². The molecule has 0 saturated carbocycles. The van der Waals surface area contributed by atoms with E-state index in [1.54, 1.807) is 43.3 Å². The van der Waals surface area contributed by atoms with E-state index in [-0.39, 0.29) is 22.6 Å². The number of carbonyl (C=O) groups is 1. The number of halogens is 3. The molecule has 1 unspecified atom stereocenters. The zero-order valence-corrected chi connectivity index (χ0v) is 16.7. The van der Waals surface area contributed by atoms with Gasteiger partial charge < -0.3 is 14.5 Å². The van der Waals surface area contributed by atoms with E-state index in [0.29, 0.717) is 16.5 Å². The molecule has 0 bridgehead atoms. The van der Waals surface area contributed by atoms with Crippen LogP contribution in [-0.4, -0.2) is 28.5 Å². The Kier molecular flexibility index (Phi) is 7.05. The summed E-state index contributed by atoms with van der Waals surface area (Å²) in [6, 6.07) is 12.7. The lowest BCUT2D eigenvalue weighted by atomic mass is 10.1. The van der Waals surface area contributed by atoms with Gasteiger partial charge in [0.2, 0.25) is 11.8 Å². The monoisotopic (exact) mass is 439 g/mol. The Labute approximate surface area is 174 Å². The molecule has 29 heavy (non-hydrogen) atoms. The van der Waals surface area contributed by atoms with Gasteiger partial charge in [-0.3, -0.25) is 4.79 Å². The first kappa shape index (κ1) is 21.1. The van der Waals surface area contributed by atoms with Gasteiger partial charge in [-0.1, -0.05) is 35.5 Å². The molecule has 2 aromatic carbocycles. The second-order valence-corrected chi connectivity index (χ2v) is 7.27. The maximum absolute atomic E-state index is 12.3. The highest BCUT2D eigenvalue weighted by Crippen LogP contribution is 2.25. The number of thioether (sulfide) groups is 1. The Balaban J connectivity index is 1.53. The van der Waals surface area contributed by atoms with Crippen molar-refractivity contribution in [1.29, 1.82) is 0 Å². The summed E-state index contributed by atoms with van der Waals surface area (Å²) in [5.41, 5.74) is 1.36. The van der Waals surface area contributed by atoms with Gasteiger partial charge in [0.05, 0.1) is 11.8 Å². The van der Waals surface area contributed by atoms with E-state index in [4.69, 9.17) is 16.0 Å². The second kappa shape index (κ2) is 9.71. The normalized spacial score (nSPS) is 12.0. The number of amides is 1. The predicted molar refractivity (Wildman–Crippen MR) is 105 cm³/mol. The average molecular weight is 440 g/mol. The molecular weight excluding hydrogens is 424 g/mol. The van der Waals surface area contributed by atoms with Gasteiger partial charge in [-0.25, -0.2) is 0 Å². The van der Waals surface area contributed by atoms with E-state index >= 15 is 0 Å². The fraction of sp³-hybridized carbons (Fsp3) is 0.211. The predicted octanol–water partition coefficient (Wildman–Crippen LogP) is 4.96. The van der Waals surface area contributed by atoms with E-state index < -0.39 is 12.7 Å². The molecule has 6 nitrogen and oxygen atoms in total. The van der Waals surface area contributed by atoms with Crippen LogP contribution in [0.2, 0.25) is 5.02 Å². The molecule has 1 aromatic heterocycles. The summed E-state index contributed by atoms with van der Waals surface area (Å²) in [7, 11) is 0. The largest absolute Gasteiger partial charge is 0.435 e. The maximum atomic E-state index is 12.3. The minimum absolute atomic E-state index is 0.0357. The van der Waals surface area contributed by atoms with Crippen molar-refractivity contribution in [2.75, 3.05) is 5.75 Å². The Hall–Kier alpha value is -2.65. The molecule has 3 aromatic rings. The van der Waals surface area contributed by atoms with Gasteiger partial charge in [0.15, 0.2) is 0 Å². The van der Waals surface area contributed by atoms with E-state index in [2.05, 4.69) is 20.3 Å². The first-order chi connectivity index (χ1) is 13.9. The van der Waals surface area contributed by atoms with Crippen molar-refractivity contribution in [3.05, 3.63) is 59.1 Å². The molecule has 0 aliphatic rings. The number of nitrogens with one attached hydrogen (secondary N) is 1. The van der Waals surface area contributed by atoms with Crippen molar-refractivity contribution < 1.29 is 22.7 Å². The number of carbonyl (C=O) groups excluding carboxylic acids is 1. The number of rotatable bonds is 8. The topological polar surface area (TPSA) is 77.3 Å². The molecule has 1 heterocycles. The minimum atomic E-state index is -2.90. The Morgan fingerprint density at radius 2 is 2.00 bits per heavy atom. The summed E-state index contributed by atoms with van der Waals surface area (Å²) in [6.45, 7) is -1.16. The van der Waals surface area contributed by atoms with Gasteiger partial charge in [-0.05, 0) is 48.9 Å². The number of hydrogen-bond acceptors (Lipinski definition) is 6. The molecule has 3 rings (SSSR count). The van der Waals surface area contributed by atoms with Gasteiger partial charge in [-0.15, -0.1) is 10.2 Å². The van der Waals surface area contributed by atoms with Crippen LogP contribution in [0.5, 0.6) is 5.75 Å². The minimum Gasteiger partial charge on any atom is -0.435 e. The Bertz CT molecular complexity index is 969. The highest BCUT2D eigenvalue weighted by atomic mass is 35.5. The highest BCUT2D eigenvalue weighted by molar-refractivity contribution is 7.99. The molecule has 1 atom stereocenters. The fourth-order valence-corrected chi connectivity index (χ4v) is 3.13. The van der Waals surface area contributed by atoms with Crippen LogP contribution >= 0.6 is 23.4 Å². The van der Waals surface area contributed by atoms with E-state index in [9.17, 15) is 13.6 Å². The summed E-state index contributed by atoms with van der Waals surface area (Å²) >= 11 is 6.94. The lowest BCUT2D eigenvalue weighted by Crippen LogP contribution is -2.28. The van der Waals surface area contributed by atoms with Crippen LogP contribution in [-0.2, 0) is 4.79 Å². The van der Waals surface area contributed by atoms with E-state index in [1.807, 2.05) is 0 Å². The van der Waals surface area contributed by atoms with Gasteiger partial charge in [0, 0.05) is 10.6 Å². The molecule has 152 valence electrons. The van der Waals surface area contributed by atoms with E-state index in [1.165, 1.54) is 12.1 Å².